The number of hydrogen-bond acceptors (Lipinski definition) is 4. The minimum Gasteiger partial charge on any atom is -0.494 e. The van der Waals surface area contributed by atoms with Gasteiger partial charge in [0, 0.05) is 16.8 Å². The number of nitrogens with zero attached hydrogens (tertiary/aromatic N) is 1. The Labute approximate surface area is 174 Å². The minimum absolute atomic E-state index is 0.157. The van der Waals surface area contributed by atoms with Crippen molar-refractivity contribution in [1.82, 2.24) is 4.98 Å². The number of ether oxygens (including phenoxy) is 1. The van der Waals surface area contributed by atoms with Crippen LogP contribution in [-0.2, 0) is 0 Å². The number of anilines is 1. The lowest BCUT2D eigenvalue weighted by Gasteiger charge is -2.08. The molecule has 0 bridgehead atoms. The van der Waals surface area contributed by atoms with Crippen molar-refractivity contribution >= 4 is 33.1 Å². The topological polar surface area (TPSA) is 51.2 Å². The highest BCUT2D eigenvalue weighted by molar-refractivity contribution is 7.21. The van der Waals surface area contributed by atoms with E-state index in [-0.39, 0.29) is 5.91 Å². The molecule has 4 aromatic rings. The van der Waals surface area contributed by atoms with E-state index in [2.05, 4.69) is 37.4 Å². The summed E-state index contributed by atoms with van der Waals surface area (Å²) in [7, 11) is 0. The molecule has 3 aromatic carbocycles. The zero-order valence-corrected chi connectivity index (χ0v) is 17.3. The Hall–Kier alpha value is -3.18. The number of benzene rings is 3. The van der Waals surface area contributed by atoms with Gasteiger partial charge in [0.15, 0.2) is 0 Å². The van der Waals surface area contributed by atoms with Gasteiger partial charge in [-0.3, -0.25) is 4.79 Å². The molecule has 4 rings (SSSR count). The van der Waals surface area contributed by atoms with Crippen LogP contribution in [0.1, 0.15) is 29.3 Å². The fourth-order valence-corrected chi connectivity index (χ4v) is 4.07. The summed E-state index contributed by atoms with van der Waals surface area (Å²) in [5.41, 5.74) is 4.60. The summed E-state index contributed by atoms with van der Waals surface area (Å²) in [6.45, 7) is 4.77. The summed E-state index contributed by atoms with van der Waals surface area (Å²) in [6, 6.07) is 21.3. The molecule has 0 unspecified atom stereocenters. The van der Waals surface area contributed by atoms with E-state index in [9.17, 15) is 4.79 Å². The number of aryl methyl sites for hydroxylation is 1. The van der Waals surface area contributed by atoms with Gasteiger partial charge in [-0.05, 0) is 73.5 Å². The number of fused-ring (bicyclic) bond motifs is 1. The first-order valence-corrected chi connectivity index (χ1v) is 10.5. The average molecular weight is 403 g/mol. The van der Waals surface area contributed by atoms with Gasteiger partial charge in [0.05, 0.1) is 16.8 Å². The molecule has 0 aliphatic rings. The predicted octanol–water partition coefficient (Wildman–Crippen LogP) is 6.31. The van der Waals surface area contributed by atoms with E-state index in [0.717, 1.165) is 28.2 Å². The molecule has 0 radical (unpaired) electrons. The molecular formula is C24H22N2O2S. The fraction of sp³-hybridized carbons (Fsp3) is 0.167. The highest BCUT2D eigenvalue weighted by atomic mass is 32.1. The van der Waals surface area contributed by atoms with Gasteiger partial charge in [-0.15, -0.1) is 11.3 Å². The van der Waals surface area contributed by atoms with Gasteiger partial charge in [0.25, 0.3) is 5.91 Å². The second-order valence-electron chi connectivity index (χ2n) is 6.90. The molecule has 0 fully saturated rings. The van der Waals surface area contributed by atoms with E-state index in [1.54, 1.807) is 23.5 Å². The monoisotopic (exact) mass is 402 g/mol. The van der Waals surface area contributed by atoms with Crippen molar-refractivity contribution in [3.63, 3.8) is 0 Å². The maximum atomic E-state index is 12.6. The first-order valence-electron chi connectivity index (χ1n) is 9.64. The predicted molar refractivity (Wildman–Crippen MR) is 120 cm³/mol. The molecule has 146 valence electrons. The molecule has 0 spiro atoms. The molecule has 1 heterocycles. The van der Waals surface area contributed by atoms with Gasteiger partial charge in [-0.25, -0.2) is 4.98 Å². The number of carbonyl (C=O) groups excluding carboxylic acids is 1. The van der Waals surface area contributed by atoms with E-state index < -0.39 is 0 Å². The summed E-state index contributed by atoms with van der Waals surface area (Å²) in [6.07, 6.45) is 0.928. The van der Waals surface area contributed by atoms with Crippen LogP contribution in [0.2, 0.25) is 0 Å². The highest BCUT2D eigenvalue weighted by Crippen LogP contribution is 2.31. The van der Waals surface area contributed by atoms with Crippen molar-refractivity contribution in [3.8, 4) is 16.3 Å². The summed E-state index contributed by atoms with van der Waals surface area (Å²) in [5, 5.41) is 3.92. The van der Waals surface area contributed by atoms with E-state index in [4.69, 9.17) is 9.72 Å². The van der Waals surface area contributed by atoms with Gasteiger partial charge in [0.1, 0.15) is 10.8 Å². The Morgan fingerprint density at radius 1 is 1.07 bits per heavy atom. The lowest BCUT2D eigenvalue weighted by molar-refractivity contribution is 0.102. The molecule has 0 aliphatic carbocycles. The lowest BCUT2D eigenvalue weighted by Crippen LogP contribution is -2.12. The first kappa shape index (κ1) is 19.2. The van der Waals surface area contributed by atoms with Crippen LogP contribution in [-0.4, -0.2) is 17.5 Å². The SMILES string of the molecule is CCCOc1cccc(C(=O)Nc2ccc(-c3nc4ccc(C)cc4s3)cc2)c1. The lowest BCUT2D eigenvalue weighted by atomic mass is 10.1. The molecule has 1 N–H and O–H groups in total. The van der Waals surface area contributed by atoms with E-state index >= 15 is 0 Å². The van der Waals surface area contributed by atoms with Crippen molar-refractivity contribution in [2.24, 2.45) is 0 Å². The summed E-state index contributed by atoms with van der Waals surface area (Å²) < 4.78 is 6.79. The Kier molecular flexibility index (Phi) is 5.58. The van der Waals surface area contributed by atoms with Gasteiger partial charge < -0.3 is 10.1 Å². The third-order valence-corrected chi connectivity index (χ3v) is 5.57. The maximum Gasteiger partial charge on any atom is 0.255 e. The molecule has 1 aromatic heterocycles. The summed E-state index contributed by atoms with van der Waals surface area (Å²) in [5.74, 6) is 0.552. The van der Waals surface area contributed by atoms with Gasteiger partial charge in [-0.1, -0.05) is 19.1 Å². The van der Waals surface area contributed by atoms with Gasteiger partial charge in [-0.2, -0.15) is 0 Å². The van der Waals surface area contributed by atoms with Crippen molar-refractivity contribution in [2.75, 3.05) is 11.9 Å². The van der Waals surface area contributed by atoms with Crippen molar-refractivity contribution in [3.05, 3.63) is 77.9 Å². The van der Waals surface area contributed by atoms with Crippen LogP contribution < -0.4 is 10.1 Å². The number of hydrogen-bond donors (Lipinski definition) is 1. The van der Waals surface area contributed by atoms with E-state index in [1.807, 2.05) is 36.4 Å². The Bertz CT molecular complexity index is 1150. The number of carbonyl (C=O) groups is 1. The Morgan fingerprint density at radius 2 is 1.90 bits per heavy atom. The second kappa shape index (κ2) is 8.45. The molecule has 0 saturated heterocycles. The maximum absolute atomic E-state index is 12.6. The average Bonchev–Trinajstić information content (AvgIpc) is 3.16. The zero-order valence-electron chi connectivity index (χ0n) is 16.4. The molecule has 1 amide bonds. The largest absolute Gasteiger partial charge is 0.494 e. The third-order valence-electron chi connectivity index (χ3n) is 4.50. The Morgan fingerprint density at radius 3 is 2.69 bits per heavy atom. The smallest absolute Gasteiger partial charge is 0.255 e. The molecule has 0 saturated carbocycles. The number of nitrogens with one attached hydrogen (secondary N) is 1. The number of rotatable bonds is 6. The van der Waals surface area contributed by atoms with Crippen LogP contribution in [0.3, 0.4) is 0 Å². The fourth-order valence-electron chi connectivity index (χ4n) is 3.00. The van der Waals surface area contributed by atoms with Crippen LogP contribution in [0.25, 0.3) is 20.8 Å². The molecular weight excluding hydrogens is 380 g/mol. The third kappa shape index (κ3) is 4.46. The summed E-state index contributed by atoms with van der Waals surface area (Å²) in [4.78, 5) is 17.3. The van der Waals surface area contributed by atoms with Crippen molar-refractivity contribution < 1.29 is 9.53 Å². The standard InChI is InChI=1S/C24H22N2O2S/c1-3-13-28-20-6-4-5-18(15-20)23(27)25-19-10-8-17(9-11-19)24-26-21-12-7-16(2)14-22(21)29-24/h4-12,14-15H,3,13H2,1-2H3,(H,25,27). The van der Waals surface area contributed by atoms with Crippen molar-refractivity contribution in [1.29, 1.82) is 0 Å². The molecule has 5 heteroatoms. The van der Waals surface area contributed by atoms with Crippen LogP contribution in [0.4, 0.5) is 5.69 Å². The van der Waals surface area contributed by atoms with Crippen LogP contribution in [0.15, 0.2) is 66.7 Å². The van der Waals surface area contributed by atoms with Crippen LogP contribution in [0.5, 0.6) is 5.75 Å². The second-order valence-corrected chi connectivity index (χ2v) is 7.93. The summed E-state index contributed by atoms with van der Waals surface area (Å²) >= 11 is 1.68. The number of amides is 1. The minimum atomic E-state index is -0.157. The van der Waals surface area contributed by atoms with E-state index in [1.165, 1.54) is 10.3 Å². The zero-order chi connectivity index (χ0) is 20.2. The van der Waals surface area contributed by atoms with Crippen LogP contribution in [0, 0.1) is 6.92 Å². The number of aromatic nitrogens is 1. The Balaban J connectivity index is 1.48. The molecule has 29 heavy (non-hydrogen) atoms. The normalized spacial score (nSPS) is 10.8. The first-order chi connectivity index (χ1) is 14.1. The van der Waals surface area contributed by atoms with Gasteiger partial charge in [0.2, 0.25) is 0 Å². The van der Waals surface area contributed by atoms with Crippen LogP contribution >= 0.6 is 11.3 Å². The quantitative estimate of drug-likeness (QED) is 0.411. The highest BCUT2D eigenvalue weighted by Gasteiger charge is 2.09. The van der Waals surface area contributed by atoms with E-state index in [0.29, 0.717) is 17.9 Å². The molecule has 4 nitrogen and oxygen atoms in total. The molecule has 0 atom stereocenters. The van der Waals surface area contributed by atoms with Crippen molar-refractivity contribution in [2.45, 2.75) is 20.3 Å². The van der Waals surface area contributed by atoms with Gasteiger partial charge >= 0.3 is 0 Å². The molecule has 0 aliphatic heterocycles. The number of thiazole rings is 1.